The molecule has 2 aromatic carbocycles. The first kappa shape index (κ1) is 30.9. The minimum Gasteiger partial charge on any atom is -0.494 e. The molecular weight excluding hydrogens is 548 g/mol. The summed E-state index contributed by atoms with van der Waals surface area (Å²) in [5.41, 5.74) is 3.84. The molecule has 0 radical (unpaired) electrons. The largest absolute Gasteiger partial charge is 0.494 e. The molecule has 0 bridgehead atoms. The van der Waals surface area contributed by atoms with Crippen LogP contribution < -0.4 is 15.9 Å². The van der Waals surface area contributed by atoms with Crippen LogP contribution in [0.25, 0.3) is 11.3 Å². The van der Waals surface area contributed by atoms with E-state index in [1.165, 1.54) is 0 Å². The normalized spacial score (nSPS) is 20.9. The van der Waals surface area contributed by atoms with Crippen molar-refractivity contribution >= 4 is 6.09 Å². The Hall–Kier alpha value is -3.54. The summed E-state index contributed by atoms with van der Waals surface area (Å²) < 4.78 is 22.7. The molecule has 0 saturated carbocycles. The Kier molecular flexibility index (Phi) is 11.0. The number of hydrogen-bond donors (Lipinski definition) is 3. The van der Waals surface area contributed by atoms with Crippen molar-refractivity contribution in [2.45, 2.75) is 63.7 Å². The van der Waals surface area contributed by atoms with Crippen LogP contribution in [0, 0.1) is 5.92 Å². The summed E-state index contributed by atoms with van der Waals surface area (Å²) >= 11 is 0. The van der Waals surface area contributed by atoms with Gasteiger partial charge in [-0.3, -0.25) is 10.8 Å². The van der Waals surface area contributed by atoms with Gasteiger partial charge in [0.2, 0.25) is 0 Å². The Balaban J connectivity index is 1.20. The zero-order valence-electron chi connectivity index (χ0n) is 24.6. The Morgan fingerprint density at radius 2 is 1.91 bits per heavy atom. The Morgan fingerprint density at radius 3 is 2.65 bits per heavy atom. The number of rotatable bonds is 14. The average molecular weight is 591 g/mol. The van der Waals surface area contributed by atoms with Gasteiger partial charge in [-0.1, -0.05) is 55.8 Å². The lowest BCUT2D eigenvalue weighted by molar-refractivity contribution is -0.0907. The fraction of sp³-hybridized carbons (Fsp3) is 0.455. The van der Waals surface area contributed by atoms with E-state index in [9.17, 15) is 9.90 Å². The number of carbonyl (C=O) groups is 1. The van der Waals surface area contributed by atoms with Crippen molar-refractivity contribution in [2.24, 2.45) is 11.8 Å². The van der Waals surface area contributed by atoms with Crippen molar-refractivity contribution in [3.05, 3.63) is 84.1 Å². The van der Waals surface area contributed by atoms with Crippen LogP contribution in [0.5, 0.6) is 5.75 Å². The van der Waals surface area contributed by atoms with Crippen LogP contribution in [0.1, 0.15) is 37.3 Å². The zero-order valence-corrected chi connectivity index (χ0v) is 24.6. The number of amides is 1. The number of hydrogen-bond acceptors (Lipinski definition) is 9. The molecule has 3 aromatic rings. The van der Waals surface area contributed by atoms with Gasteiger partial charge in [0.05, 0.1) is 43.6 Å². The van der Waals surface area contributed by atoms with Gasteiger partial charge in [-0.05, 0) is 54.7 Å². The van der Waals surface area contributed by atoms with E-state index in [0.29, 0.717) is 32.8 Å². The number of aromatic nitrogens is 1. The molecule has 4 N–H and O–H groups in total. The van der Waals surface area contributed by atoms with E-state index in [0.717, 1.165) is 47.4 Å². The van der Waals surface area contributed by atoms with E-state index in [-0.39, 0.29) is 24.9 Å². The first-order chi connectivity index (χ1) is 21.0. The second-order valence-electron chi connectivity index (χ2n) is 11.2. The van der Waals surface area contributed by atoms with E-state index in [1.54, 1.807) is 11.2 Å². The number of alkyl carbamates (subject to hydrolysis) is 1. The molecule has 43 heavy (non-hydrogen) atoms. The van der Waals surface area contributed by atoms with Crippen molar-refractivity contribution in [1.29, 1.82) is 0 Å². The molecule has 10 heteroatoms. The third-order valence-corrected chi connectivity index (χ3v) is 7.88. The fourth-order valence-corrected chi connectivity index (χ4v) is 5.44. The summed E-state index contributed by atoms with van der Waals surface area (Å²) in [4.78, 5) is 17.4. The van der Waals surface area contributed by atoms with Crippen molar-refractivity contribution in [3.8, 4) is 17.0 Å². The average Bonchev–Trinajstić information content (AvgIpc) is 3.64. The highest BCUT2D eigenvalue weighted by molar-refractivity contribution is 5.68. The highest BCUT2D eigenvalue weighted by Crippen LogP contribution is 2.33. The first-order valence-electron chi connectivity index (χ1n) is 15.1. The summed E-state index contributed by atoms with van der Waals surface area (Å²) in [6, 6.07) is 20.9. The summed E-state index contributed by atoms with van der Waals surface area (Å²) in [6.07, 6.45) is 2.73. The molecule has 10 nitrogen and oxygen atoms in total. The molecule has 1 aromatic heterocycles. The molecule has 2 fully saturated rings. The van der Waals surface area contributed by atoms with Gasteiger partial charge in [-0.2, -0.15) is 0 Å². The minimum absolute atomic E-state index is 0.0259. The molecule has 5 rings (SSSR count). The number of ether oxygens (including phenoxy) is 4. The Morgan fingerprint density at radius 1 is 1.12 bits per heavy atom. The van der Waals surface area contributed by atoms with Gasteiger partial charge in [0.25, 0.3) is 0 Å². The molecule has 1 amide bonds. The van der Waals surface area contributed by atoms with Gasteiger partial charge in [0.15, 0.2) is 6.29 Å². The molecule has 5 atom stereocenters. The van der Waals surface area contributed by atoms with Crippen molar-refractivity contribution in [2.75, 3.05) is 26.4 Å². The molecule has 0 unspecified atom stereocenters. The lowest BCUT2D eigenvalue weighted by atomic mass is 10.0. The molecule has 230 valence electrons. The van der Waals surface area contributed by atoms with Crippen LogP contribution in [0.15, 0.2) is 72.9 Å². The molecular formula is C33H42N4O6. The number of aliphatic hydroxyl groups is 1. The third-order valence-electron chi connectivity index (χ3n) is 7.88. The molecule has 3 heterocycles. The quantitative estimate of drug-likeness (QED) is 0.145. The van der Waals surface area contributed by atoms with Gasteiger partial charge in [0, 0.05) is 24.8 Å². The maximum Gasteiger partial charge on any atom is 0.407 e. The highest BCUT2D eigenvalue weighted by Gasteiger charge is 2.44. The summed E-state index contributed by atoms with van der Waals surface area (Å²) in [7, 11) is 0. The van der Waals surface area contributed by atoms with E-state index >= 15 is 0 Å². The zero-order chi connectivity index (χ0) is 30.0. The number of carbonyl (C=O) groups excluding carboxylic acids is 1. The fourth-order valence-electron chi connectivity index (χ4n) is 5.44. The van der Waals surface area contributed by atoms with Gasteiger partial charge in [0.1, 0.15) is 11.9 Å². The number of nitrogens with two attached hydrogens (primary N) is 1. The molecule has 0 aliphatic carbocycles. The Bertz CT molecular complexity index is 1280. The smallest absolute Gasteiger partial charge is 0.407 e. The molecule has 2 saturated heterocycles. The Labute approximate surface area is 253 Å². The second-order valence-corrected chi connectivity index (χ2v) is 11.2. The first-order valence-corrected chi connectivity index (χ1v) is 15.1. The maximum atomic E-state index is 13.0. The summed E-state index contributed by atoms with van der Waals surface area (Å²) in [6.45, 7) is 4.23. The number of aliphatic hydroxyl groups excluding tert-OH is 1. The third kappa shape index (κ3) is 8.75. The highest BCUT2D eigenvalue weighted by atomic mass is 16.7. The maximum absolute atomic E-state index is 13.0. The summed E-state index contributed by atoms with van der Waals surface area (Å²) in [5, 5.41) is 15.7. The molecule has 0 spiro atoms. The van der Waals surface area contributed by atoms with E-state index < -0.39 is 18.2 Å². The molecule has 2 aliphatic heterocycles. The van der Waals surface area contributed by atoms with Crippen molar-refractivity contribution in [1.82, 2.24) is 15.3 Å². The van der Waals surface area contributed by atoms with E-state index in [4.69, 9.17) is 24.8 Å². The number of nitrogens with one attached hydrogen (secondary N) is 1. The van der Waals surface area contributed by atoms with Crippen molar-refractivity contribution in [3.63, 3.8) is 0 Å². The minimum atomic E-state index is -0.965. The number of pyridine rings is 1. The summed E-state index contributed by atoms with van der Waals surface area (Å²) in [5.74, 6) is 7.17. The van der Waals surface area contributed by atoms with Crippen LogP contribution in [0.3, 0.4) is 0 Å². The van der Waals surface area contributed by atoms with Crippen LogP contribution in [0.4, 0.5) is 4.79 Å². The van der Waals surface area contributed by atoms with E-state index in [1.807, 2.05) is 66.7 Å². The van der Waals surface area contributed by atoms with Crippen LogP contribution in [0.2, 0.25) is 0 Å². The molecule has 2 aliphatic rings. The second kappa shape index (κ2) is 15.3. The van der Waals surface area contributed by atoms with Gasteiger partial charge >= 0.3 is 6.09 Å². The van der Waals surface area contributed by atoms with Gasteiger partial charge in [-0.15, -0.1) is 0 Å². The number of hydrazine groups is 1. The number of fused-ring (bicyclic) bond motifs is 1. The monoisotopic (exact) mass is 590 g/mol. The van der Waals surface area contributed by atoms with Crippen LogP contribution in [-0.2, 0) is 27.2 Å². The topological polar surface area (TPSA) is 128 Å². The predicted molar refractivity (Wildman–Crippen MR) is 162 cm³/mol. The van der Waals surface area contributed by atoms with Gasteiger partial charge < -0.3 is 29.4 Å². The number of benzene rings is 2. The van der Waals surface area contributed by atoms with Crippen molar-refractivity contribution < 1.29 is 28.8 Å². The van der Waals surface area contributed by atoms with Gasteiger partial charge in [-0.25, -0.2) is 9.80 Å². The number of unbranched alkanes of at least 4 members (excludes halogenated alkanes) is 1. The lowest BCUT2D eigenvalue weighted by Crippen LogP contribution is -2.51. The van der Waals surface area contributed by atoms with Crippen LogP contribution >= 0.6 is 0 Å². The lowest BCUT2D eigenvalue weighted by Gasteiger charge is -2.28. The van der Waals surface area contributed by atoms with E-state index in [2.05, 4.69) is 17.2 Å². The van der Waals surface area contributed by atoms with Crippen LogP contribution in [-0.4, -0.2) is 72.1 Å². The SMILES string of the molecule is CCCCOc1ccc(C[C@H](NC(=O)O[C@H]2CO[C@H]3OCC[C@H]32)[C@@H](O)CN(N)Cc2ccc(-c3ccccn3)cc2)cc1. The predicted octanol–water partition coefficient (Wildman–Crippen LogP) is 4.06. The standard InChI is InChI=1S/C33H42N4O6/c1-2-3-17-40-26-13-9-23(10-14-26)19-29(36-33(39)43-31-22-42-32-27(31)15-18-41-32)30(38)21-37(34)20-24-7-11-25(12-8-24)28-6-4-5-16-35-28/h4-14,16,27,29-32,38H,2-3,15,17-22,34H2,1H3,(H,36,39)/t27-,29-,30-,31-,32+/m0/s1. The number of nitrogens with zero attached hydrogens (tertiary/aromatic N) is 2.